The zero-order valence-electron chi connectivity index (χ0n) is 7.24. The minimum absolute atomic E-state index is 0. The van der Waals surface area contributed by atoms with Crippen LogP contribution in [0, 0.1) is 22.5 Å². The van der Waals surface area contributed by atoms with Crippen molar-refractivity contribution in [3.05, 3.63) is 30.3 Å². The van der Waals surface area contributed by atoms with Crippen molar-refractivity contribution in [2.45, 2.75) is 0 Å². The van der Waals surface area contributed by atoms with Crippen molar-refractivity contribution in [2.75, 3.05) is 0 Å². The molecule has 58 valence electrons. The molecular weight excluding hydrogens is 177 g/mol. The number of hydrogen-bond donors (Lipinski definition) is 0. The van der Waals surface area contributed by atoms with E-state index in [9.17, 15) is 4.32 Å². The molecular formula is C8H5BFN2Na. The maximum atomic E-state index is 13.3. The van der Waals surface area contributed by atoms with Crippen LogP contribution in [0.15, 0.2) is 30.3 Å². The fourth-order valence-electron chi connectivity index (χ4n) is 0.896. The number of hydrogen-bond acceptors (Lipinski definition) is 2. The molecule has 1 aromatic carbocycles. The normalized spacial score (nSPS) is 9.15. The summed E-state index contributed by atoms with van der Waals surface area (Å²) in [6.07, 6.45) is -3.16. The monoisotopic (exact) mass is 182 g/mol. The molecule has 0 heterocycles. The Hall–Kier alpha value is -0.805. The van der Waals surface area contributed by atoms with Crippen LogP contribution in [0.3, 0.4) is 0 Å². The molecule has 0 aliphatic rings. The van der Waals surface area contributed by atoms with Crippen LogP contribution in [-0.2, 0) is 0 Å². The summed E-state index contributed by atoms with van der Waals surface area (Å²) >= 11 is 0. The van der Waals surface area contributed by atoms with Crippen molar-refractivity contribution in [2.24, 2.45) is 0 Å². The molecule has 0 amide bonds. The van der Waals surface area contributed by atoms with E-state index < -0.39 is 6.42 Å². The maximum absolute atomic E-state index is 13.3. The summed E-state index contributed by atoms with van der Waals surface area (Å²) in [5.74, 6) is 2.76. The molecule has 0 unspecified atom stereocenters. The number of nitriles is 2. The van der Waals surface area contributed by atoms with E-state index in [0.717, 1.165) is 0 Å². The summed E-state index contributed by atoms with van der Waals surface area (Å²) < 4.78 is 13.3. The van der Waals surface area contributed by atoms with Crippen LogP contribution < -0.4 is 35.0 Å². The predicted molar refractivity (Wildman–Crippen MR) is 44.2 cm³/mol. The molecule has 0 N–H and O–H groups in total. The molecule has 0 aliphatic heterocycles. The van der Waals surface area contributed by atoms with Gasteiger partial charge in [0.15, 0.2) is 0 Å². The Bertz CT molecular complexity index is 341. The Labute approximate surface area is 98.2 Å². The summed E-state index contributed by atoms with van der Waals surface area (Å²) in [5.41, 5.74) is 0.141. The largest absolute Gasteiger partial charge is 1.00 e. The first-order chi connectivity index (χ1) is 5.73. The first-order valence-electron chi connectivity index (χ1n) is 3.44. The molecule has 0 fully saturated rings. The number of benzene rings is 1. The average Bonchev–Trinajstić information content (AvgIpc) is 2.18. The van der Waals surface area contributed by atoms with Crippen molar-refractivity contribution in [1.29, 1.82) is 10.5 Å². The van der Waals surface area contributed by atoms with Crippen LogP contribution in [0.25, 0.3) is 0 Å². The number of nitrogens with zero attached hydrogens (tertiary/aromatic N) is 2. The van der Waals surface area contributed by atoms with E-state index in [1.54, 1.807) is 18.2 Å². The molecule has 0 bridgehead atoms. The zero-order chi connectivity index (χ0) is 9.03. The second kappa shape index (κ2) is 5.04. The van der Waals surface area contributed by atoms with Crippen LogP contribution in [0.2, 0.25) is 0 Å². The first-order valence-corrected chi connectivity index (χ1v) is 3.44. The summed E-state index contributed by atoms with van der Waals surface area (Å²) in [6.45, 7) is 0. The van der Waals surface area contributed by atoms with Gasteiger partial charge in [0.05, 0.1) is 0 Å². The van der Waals surface area contributed by atoms with Crippen LogP contribution in [0.1, 0.15) is 0 Å². The fraction of sp³-hybridized carbons (Fsp3) is 0. The molecule has 0 aliphatic carbocycles. The van der Waals surface area contributed by atoms with E-state index in [1.165, 1.54) is 24.1 Å². The Morgan fingerprint density at radius 1 is 1.08 bits per heavy atom. The Morgan fingerprint density at radius 2 is 1.54 bits per heavy atom. The van der Waals surface area contributed by atoms with E-state index in [1.807, 2.05) is 0 Å². The molecule has 1 rings (SSSR count). The van der Waals surface area contributed by atoms with Crippen molar-refractivity contribution in [1.82, 2.24) is 0 Å². The third kappa shape index (κ3) is 2.57. The molecule has 0 saturated heterocycles. The molecule has 0 saturated carbocycles. The van der Waals surface area contributed by atoms with Gasteiger partial charge in [-0.05, 0) is 0 Å². The molecule has 0 atom stereocenters. The molecule has 13 heavy (non-hydrogen) atoms. The summed E-state index contributed by atoms with van der Waals surface area (Å²) in [4.78, 5) is 0. The number of rotatable bonds is 1. The van der Waals surface area contributed by atoms with Crippen LogP contribution >= 0.6 is 0 Å². The quantitative estimate of drug-likeness (QED) is 0.468. The minimum atomic E-state index is -3.16. The summed E-state index contributed by atoms with van der Waals surface area (Å²) in [5, 5.41) is 16.8. The fourth-order valence-corrected chi connectivity index (χ4v) is 0.896. The molecule has 0 spiro atoms. The van der Waals surface area contributed by atoms with Crippen molar-refractivity contribution in [3.8, 4) is 11.9 Å². The predicted octanol–water partition coefficient (Wildman–Crippen LogP) is -2.06. The topological polar surface area (TPSA) is 47.6 Å². The maximum Gasteiger partial charge on any atom is 1.00 e. The van der Waals surface area contributed by atoms with Crippen LogP contribution in [0.5, 0.6) is 0 Å². The van der Waals surface area contributed by atoms with Gasteiger partial charge < -0.3 is 4.32 Å². The van der Waals surface area contributed by atoms with E-state index in [2.05, 4.69) is 0 Å². The van der Waals surface area contributed by atoms with Gasteiger partial charge in [-0.25, -0.2) is 10.5 Å². The summed E-state index contributed by atoms with van der Waals surface area (Å²) in [7, 11) is 0. The first kappa shape index (κ1) is 12.2. The third-order valence-electron chi connectivity index (χ3n) is 1.61. The molecule has 2 nitrogen and oxygen atoms in total. The SMILES string of the molecule is N#C[B-](F)(C#N)c1ccccc1.[Na+]. The van der Waals surface area contributed by atoms with Crippen LogP contribution in [0.4, 0.5) is 4.32 Å². The van der Waals surface area contributed by atoms with Crippen molar-refractivity contribution in [3.63, 3.8) is 0 Å². The van der Waals surface area contributed by atoms with E-state index >= 15 is 0 Å². The van der Waals surface area contributed by atoms with E-state index in [4.69, 9.17) is 10.5 Å². The molecule has 1 aromatic rings. The van der Waals surface area contributed by atoms with Gasteiger partial charge in [0, 0.05) is 0 Å². The molecule has 0 radical (unpaired) electrons. The van der Waals surface area contributed by atoms with Gasteiger partial charge in [-0.3, -0.25) is 0 Å². The second-order valence-electron chi connectivity index (χ2n) is 2.43. The van der Waals surface area contributed by atoms with Gasteiger partial charge in [-0.1, -0.05) is 42.3 Å². The van der Waals surface area contributed by atoms with E-state index in [-0.39, 0.29) is 35.0 Å². The van der Waals surface area contributed by atoms with Gasteiger partial charge in [0.1, 0.15) is 0 Å². The zero-order valence-corrected chi connectivity index (χ0v) is 9.24. The summed E-state index contributed by atoms with van der Waals surface area (Å²) in [6, 6.07) is 7.77. The Kier molecular flexibility index (Phi) is 4.73. The van der Waals surface area contributed by atoms with Crippen molar-refractivity contribution < 1.29 is 33.9 Å². The average molecular weight is 182 g/mol. The van der Waals surface area contributed by atoms with Gasteiger partial charge in [-0.2, -0.15) is 0 Å². The molecule has 5 heteroatoms. The van der Waals surface area contributed by atoms with Gasteiger partial charge in [0.2, 0.25) is 0 Å². The van der Waals surface area contributed by atoms with Gasteiger partial charge in [0.25, 0.3) is 0 Å². The van der Waals surface area contributed by atoms with Crippen LogP contribution in [-0.4, -0.2) is 6.42 Å². The van der Waals surface area contributed by atoms with Gasteiger partial charge >= 0.3 is 36.0 Å². The van der Waals surface area contributed by atoms with Crippen molar-refractivity contribution >= 4 is 11.9 Å². The third-order valence-corrected chi connectivity index (χ3v) is 1.61. The van der Waals surface area contributed by atoms with E-state index in [0.29, 0.717) is 0 Å². The Balaban J connectivity index is 0.00000144. The minimum Gasteiger partial charge on any atom is -0.476 e. The van der Waals surface area contributed by atoms with Gasteiger partial charge in [-0.15, -0.1) is 5.46 Å². The standard InChI is InChI=1S/C8H5BFN2.Na/c10-9(6-11,7-12)8-4-2-1-3-5-8;/h1-5H;/q-1;+1. The molecule has 0 aromatic heterocycles. The smallest absolute Gasteiger partial charge is 0.476 e. The number of halogens is 1. The second-order valence-corrected chi connectivity index (χ2v) is 2.43. The Morgan fingerprint density at radius 3 is 1.92 bits per heavy atom.